The number of likely N-dealkylation sites (N-methyl/N-ethyl adjacent to an activating group) is 1. The molecule has 2 amide bonds. The lowest BCUT2D eigenvalue weighted by molar-refractivity contribution is -0.129. The number of nitriles is 2. The molecule has 0 atom stereocenters. The van der Waals surface area contributed by atoms with Crippen molar-refractivity contribution in [3.05, 3.63) is 50.0 Å². The Hall–Kier alpha value is -4.35. The third-order valence-electron chi connectivity index (χ3n) is 5.05. The molecule has 174 valence electrons. The average Bonchev–Trinajstić information content (AvgIpc) is 3.36. The fraction of sp³-hybridized carbons (Fsp3) is 0.261. The number of nitrogens with zero attached hydrogens (tertiary/aromatic N) is 5. The highest BCUT2D eigenvalue weighted by Crippen LogP contribution is 2.20. The van der Waals surface area contributed by atoms with Gasteiger partial charge in [-0.2, -0.15) is 10.5 Å². The molecule has 0 unspecified atom stereocenters. The number of aromatic nitrogens is 2. The van der Waals surface area contributed by atoms with Crippen LogP contribution in [0.25, 0.3) is 22.7 Å². The van der Waals surface area contributed by atoms with Gasteiger partial charge in [-0.25, -0.2) is 0 Å². The summed E-state index contributed by atoms with van der Waals surface area (Å²) in [6.07, 6.45) is 3.39. The van der Waals surface area contributed by atoms with Crippen molar-refractivity contribution in [2.24, 2.45) is 0 Å². The van der Waals surface area contributed by atoms with Gasteiger partial charge >= 0.3 is 0 Å². The Morgan fingerprint density at radius 2 is 2.00 bits per heavy atom. The number of benzene rings is 1. The minimum Gasteiger partial charge on any atom is -0.360 e. The predicted octanol–water partition coefficient (Wildman–Crippen LogP) is 0.137. The fourth-order valence-corrected chi connectivity index (χ4v) is 4.35. The standard InChI is InChI=1S/C23H23N7O3S/c1-4-30-22(33)19(34-23(30)17(12-25)21(32)26-9-8-24)13-27-16-5-6-18-15(11-16)7-10-29(18)14-20(31)28(2)3/h5-7,10-11,13,27H,4,9,14H2,1-3H3,(H,26,32)/b19-13-,23-17+. The second-order valence-electron chi connectivity index (χ2n) is 7.44. The molecular weight excluding hydrogens is 454 g/mol. The van der Waals surface area contributed by atoms with E-state index in [1.165, 1.54) is 9.47 Å². The van der Waals surface area contributed by atoms with E-state index in [0.717, 1.165) is 27.9 Å². The van der Waals surface area contributed by atoms with Crippen LogP contribution in [0, 0.1) is 22.7 Å². The van der Waals surface area contributed by atoms with E-state index in [4.69, 9.17) is 5.26 Å². The number of anilines is 1. The maximum absolute atomic E-state index is 12.8. The molecule has 0 radical (unpaired) electrons. The number of hydrogen-bond donors (Lipinski definition) is 2. The van der Waals surface area contributed by atoms with Crippen molar-refractivity contribution in [3.8, 4) is 12.1 Å². The summed E-state index contributed by atoms with van der Waals surface area (Å²) in [6.45, 7) is 2.03. The highest BCUT2D eigenvalue weighted by atomic mass is 32.1. The van der Waals surface area contributed by atoms with Crippen LogP contribution in [0.1, 0.15) is 6.92 Å². The van der Waals surface area contributed by atoms with E-state index < -0.39 is 5.91 Å². The Morgan fingerprint density at radius 1 is 1.24 bits per heavy atom. The minimum absolute atomic E-state index is 0.0106. The zero-order valence-corrected chi connectivity index (χ0v) is 19.8. The molecule has 3 aromatic rings. The second kappa shape index (κ2) is 10.5. The van der Waals surface area contributed by atoms with Crippen LogP contribution in [0.4, 0.5) is 5.69 Å². The lowest BCUT2D eigenvalue weighted by Crippen LogP contribution is -2.34. The highest BCUT2D eigenvalue weighted by Gasteiger charge is 2.15. The van der Waals surface area contributed by atoms with Crippen LogP contribution in [0.15, 0.2) is 35.3 Å². The van der Waals surface area contributed by atoms with Crippen molar-refractivity contribution in [1.29, 1.82) is 10.5 Å². The number of carbonyl (C=O) groups is 2. The van der Waals surface area contributed by atoms with Crippen LogP contribution in [0.5, 0.6) is 0 Å². The molecule has 0 spiro atoms. The van der Waals surface area contributed by atoms with Gasteiger partial charge in [0.15, 0.2) is 5.57 Å². The zero-order valence-electron chi connectivity index (χ0n) is 19.0. The van der Waals surface area contributed by atoms with Gasteiger partial charge in [0, 0.05) is 49.6 Å². The van der Waals surface area contributed by atoms with Gasteiger partial charge in [-0.05, 0) is 31.2 Å². The van der Waals surface area contributed by atoms with Crippen LogP contribution in [0.2, 0.25) is 0 Å². The molecule has 2 aromatic heterocycles. The lowest BCUT2D eigenvalue weighted by atomic mass is 10.2. The fourth-order valence-electron chi connectivity index (χ4n) is 3.26. The SMILES string of the molecule is CCn1c(=O)/c(=C/Nc2ccc3c(ccn3CC(=O)N(C)C)c2)s/c1=C(\C#N)C(=O)NCC#N. The topological polar surface area (TPSA) is 136 Å². The molecule has 0 bridgehead atoms. The lowest BCUT2D eigenvalue weighted by Gasteiger charge is -2.11. The Morgan fingerprint density at radius 3 is 2.65 bits per heavy atom. The molecule has 1 aromatic carbocycles. The van der Waals surface area contributed by atoms with E-state index in [1.54, 1.807) is 33.3 Å². The van der Waals surface area contributed by atoms with E-state index >= 15 is 0 Å². The molecule has 3 rings (SSSR count). The van der Waals surface area contributed by atoms with Crippen molar-refractivity contribution in [2.45, 2.75) is 20.0 Å². The maximum Gasteiger partial charge on any atom is 0.270 e. The van der Waals surface area contributed by atoms with Crippen LogP contribution in [-0.2, 0) is 22.7 Å². The first-order chi connectivity index (χ1) is 16.3. The molecule has 34 heavy (non-hydrogen) atoms. The van der Waals surface area contributed by atoms with Crippen molar-refractivity contribution in [2.75, 3.05) is 26.0 Å². The summed E-state index contributed by atoms with van der Waals surface area (Å²) in [5.74, 6) is -0.710. The summed E-state index contributed by atoms with van der Waals surface area (Å²) in [4.78, 5) is 38.6. The normalized spacial score (nSPS) is 12.1. The average molecular weight is 478 g/mol. The molecule has 2 heterocycles. The third kappa shape index (κ3) is 5.00. The molecular formula is C23H23N7O3S. The number of hydrogen-bond acceptors (Lipinski definition) is 7. The number of carbonyl (C=O) groups excluding carboxylic acids is 2. The van der Waals surface area contributed by atoms with Crippen molar-refractivity contribution in [1.82, 2.24) is 19.4 Å². The quantitative estimate of drug-likeness (QED) is 0.465. The number of thiazole rings is 1. The Kier molecular flexibility index (Phi) is 7.51. The van der Waals surface area contributed by atoms with Crippen LogP contribution in [0.3, 0.4) is 0 Å². The monoisotopic (exact) mass is 477 g/mol. The van der Waals surface area contributed by atoms with E-state index in [1.807, 2.05) is 41.1 Å². The first-order valence-electron chi connectivity index (χ1n) is 10.4. The van der Waals surface area contributed by atoms with Gasteiger partial charge in [0.1, 0.15) is 28.4 Å². The summed E-state index contributed by atoms with van der Waals surface area (Å²) in [5, 5.41) is 24.5. The summed E-state index contributed by atoms with van der Waals surface area (Å²) >= 11 is 1.02. The molecule has 0 aliphatic rings. The summed E-state index contributed by atoms with van der Waals surface area (Å²) in [7, 11) is 3.43. The molecule has 11 heteroatoms. The van der Waals surface area contributed by atoms with E-state index in [9.17, 15) is 19.6 Å². The summed E-state index contributed by atoms with van der Waals surface area (Å²) in [6, 6.07) is 11.2. The van der Waals surface area contributed by atoms with E-state index in [2.05, 4.69) is 10.6 Å². The number of nitrogens with one attached hydrogen (secondary N) is 2. The highest BCUT2D eigenvalue weighted by molar-refractivity contribution is 7.07. The number of fused-ring (bicyclic) bond motifs is 1. The second-order valence-corrected chi connectivity index (χ2v) is 8.47. The molecule has 0 aliphatic carbocycles. The van der Waals surface area contributed by atoms with Gasteiger partial charge in [-0.1, -0.05) is 0 Å². The van der Waals surface area contributed by atoms with Gasteiger partial charge < -0.3 is 20.1 Å². The van der Waals surface area contributed by atoms with Crippen LogP contribution >= 0.6 is 11.3 Å². The minimum atomic E-state index is -0.699. The van der Waals surface area contributed by atoms with Crippen molar-refractivity contribution in [3.63, 3.8) is 0 Å². The van der Waals surface area contributed by atoms with Gasteiger partial charge in [0.25, 0.3) is 11.5 Å². The van der Waals surface area contributed by atoms with Gasteiger partial charge in [-0.3, -0.25) is 19.0 Å². The van der Waals surface area contributed by atoms with E-state index in [-0.39, 0.29) is 41.3 Å². The first kappa shape index (κ1) is 24.3. The van der Waals surface area contributed by atoms with Crippen molar-refractivity contribution < 1.29 is 9.59 Å². The predicted molar refractivity (Wildman–Crippen MR) is 130 cm³/mol. The van der Waals surface area contributed by atoms with Crippen molar-refractivity contribution >= 4 is 51.5 Å². The molecule has 10 nitrogen and oxygen atoms in total. The zero-order chi connectivity index (χ0) is 24.8. The van der Waals surface area contributed by atoms with Gasteiger partial charge in [0.2, 0.25) is 5.91 Å². The molecule has 0 saturated heterocycles. The Labute approximate surface area is 199 Å². The van der Waals surface area contributed by atoms with Crippen LogP contribution in [-0.4, -0.2) is 46.5 Å². The molecule has 2 N–H and O–H groups in total. The Bertz CT molecular complexity index is 1510. The smallest absolute Gasteiger partial charge is 0.270 e. The van der Waals surface area contributed by atoms with Gasteiger partial charge in [-0.15, -0.1) is 11.3 Å². The summed E-state index contributed by atoms with van der Waals surface area (Å²) in [5.41, 5.74) is 1.10. The molecule has 0 saturated carbocycles. The largest absolute Gasteiger partial charge is 0.360 e. The number of rotatable bonds is 7. The van der Waals surface area contributed by atoms with E-state index in [0.29, 0.717) is 4.53 Å². The number of amides is 2. The summed E-state index contributed by atoms with van der Waals surface area (Å²) < 4.78 is 3.78. The van der Waals surface area contributed by atoms with Gasteiger partial charge in [0.05, 0.1) is 6.07 Å². The molecule has 0 aliphatic heterocycles. The van der Waals surface area contributed by atoms with Crippen LogP contribution < -0.4 is 25.4 Å². The molecule has 0 fully saturated rings. The maximum atomic E-state index is 12.8. The first-order valence-corrected chi connectivity index (χ1v) is 11.2. The third-order valence-corrected chi connectivity index (χ3v) is 6.18. The Balaban J connectivity index is 1.96.